The Balaban J connectivity index is 1.82. The minimum atomic E-state index is -3.53. The second-order valence-corrected chi connectivity index (χ2v) is 8.81. The molecule has 0 spiro atoms. The van der Waals surface area contributed by atoms with E-state index in [0.717, 1.165) is 55.3 Å². The van der Waals surface area contributed by atoms with Crippen LogP contribution in [0.3, 0.4) is 0 Å². The third kappa shape index (κ3) is 6.26. The second kappa shape index (κ2) is 9.34. The summed E-state index contributed by atoms with van der Waals surface area (Å²) in [5.74, 6) is -0.281. The number of carbonyl (C=O) groups is 1. The predicted octanol–water partition coefficient (Wildman–Crippen LogP) is 0.515. The van der Waals surface area contributed by atoms with Crippen LogP contribution >= 0.6 is 0 Å². The van der Waals surface area contributed by atoms with Gasteiger partial charge in [0.15, 0.2) is 0 Å². The Bertz CT molecular complexity index is 700. The molecule has 0 saturated carbocycles. The van der Waals surface area contributed by atoms with Gasteiger partial charge in [0, 0.05) is 32.7 Å². The lowest BCUT2D eigenvalue weighted by Crippen LogP contribution is -2.45. The van der Waals surface area contributed by atoms with E-state index in [4.69, 9.17) is 0 Å². The van der Waals surface area contributed by atoms with E-state index < -0.39 is 10.0 Å². The van der Waals surface area contributed by atoms with Gasteiger partial charge in [-0.15, -0.1) is 0 Å². The maximum absolute atomic E-state index is 12.2. The molecule has 1 aromatic carbocycles. The third-order valence-corrected chi connectivity index (χ3v) is 5.77. The van der Waals surface area contributed by atoms with Crippen LogP contribution < -0.4 is 9.62 Å². The van der Waals surface area contributed by atoms with Crippen molar-refractivity contribution < 1.29 is 13.2 Å². The summed E-state index contributed by atoms with van der Waals surface area (Å²) in [6.07, 6.45) is 1.98. The van der Waals surface area contributed by atoms with E-state index in [1.165, 1.54) is 0 Å². The molecule has 7 nitrogen and oxygen atoms in total. The third-order valence-electron chi connectivity index (χ3n) is 4.64. The molecule has 0 aliphatic carbocycles. The van der Waals surface area contributed by atoms with Crippen LogP contribution in [0.1, 0.15) is 12.0 Å². The van der Waals surface area contributed by atoms with Gasteiger partial charge in [0.05, 0.1) is 11.9 Å². The number of anilines is 1. The fourth-order valence-electron chi connectivity index (χ4n) is 3.01. The molecule has 1 saturated heterocycles. The number of amides is 1. The van der Waals surface area contributed by atoms with Crippen molar-refractivity contribution in [1.82, 2.24) is 15.1 Å². The van der Waals surface area contributed by atoms with Crippen LogP contribution in [0.5, 0.6) is 0 Å². The molecule has 1 amide bonds. The molecule has 0 unspecified atom stereocenters. The number of benzene rings is 1. The van der Waals surface area contributed by atoms with Gasteiger partial charge in [0.1, 0.15) is 6.54 Å². The molecular formula is C18H30N4O3S. The number of aryl methyl sites for hydroxylation is 1. The van der Waals surface area contributed by atoms with Crippen molar-refractivity contribution in [3.8, 4) is 0 Å². The van der Waals surface area contributed by atoms with Crippen LogP contribution in [0.15, 0.2) is 24.3 Å². The molecule has 1 aromatic rings. The highest BCUT2D eigenvalue weighted by molar-refractivity contribution is 7.92. The Morgan fingerprint density at radius 2 is 1.85 bits per heavy atom. The maximum atomic E-state index is 12.2. The molecule has 1 aliphatic heterocycles. The van der Waals surface area contributed by atoms with Gasteiger partial charge in [-0.2, -0.15) is 0 Å². The van der Waals surface area contributed by atoms with Crippen LogP contribution in [0.25, 0.3) is 0 Å². The number of piperazine rings is 1. The van der Waals surface area contributed by atoms with Gasteiger partial charge in [0.25, 0.3) is 0 Å². The first-order valence-corrected chi connectivity index (χ1v) is 10.8. The number of carbonyl (C=O) groups excluding carboxylic acids is 1. The molecule has 146 valence electrons. The Kier molecular flexibility index (Phi) is 7.43. The van der Waals surface area contributed by atoms with Gasteiger partial charge < -0.3 is 15.1 Å². The average Bonchev–Trinajstić information content (AvgIpc) is 2.58. The summed E-state index contributed by atoms with van der Waals surface area (Å²) in [6, 6.07) is 7.17. The van der Waals surface area contributed by atoms with Crippen molar-refractivity contribution in [3.63, 3.8) is 0 Å². The highest BCUT2D eigenvalue weighted by Gasteiger charge is 2.22. The highest BCUT2D eigenvalue weighted by Crippen LogP contribution is 2.21. The van der Waals surface area contributed by atoms with Crippen molar-refractivity contribution in [3.05, 3.63) is 29.8 Å². The molecule has 1 fully saturated rings. The van der Waals surface area contributed by atoms with E-state index in [9.17, 15) is 13.2 Å². The largest absolute Gasteiger partial charge is 0.354 e. The maximum Gasteiger partial charge on any atom is 0.240 e. The van der Waals surface area contributed by atoms with E-state index in [-0.39, 0.29) is 12.5 Å². The molecule has 0 bridgehead atoms. The zero-order chi connectivity index (χ0) is 19.2. The standard InChI is InChI=1S/C18H30N4O3S/c1-16-7-4-5-8-17(16)22(26(3,24)25)15-18(23)19-9-6-10-21-13-11-20(2)12-14-21/h4-5,7-8H,6,9-15H2,1-3H3,(H,19,23). The van der Waals surface area contributed by atoms with Gasteiger partial charge in [-0.05, 0) is 38.6 Å². The normalized spacial score (nSPS) is 16.4. The summed E-state index contributed by atoms with van der Waals surface area (Å²) in [7, 11) is -1.40. The molecule has 1 heterocycles. The topological polar surface area (TPSA) is 73.0 Å². The van der Waals surface area contributed by atoms with E-state index >= 15 is 0 Å². The smallest absolute Gasteiger partial charge is 0.240 e. The van der Waals surface area contributed by atoms with Gasteiger partial charge >= 0.3 is 0 Å². The van der Waals surface area contributed by atoms with Gasteiger partial charge in [-0.1, -0.05) is 18.2 Å². The first kappa shape index (κ1) is 20.7. The van der Waals surface area contributed by atoms with Crippen LogP contribution in [0, 0.1) is 6.92 Å². The first-order chi connectivity index (χ1) is 12.3. The van der Waals surface area contributed by atoms with Gasteiger partial charge in [0.2, 0.25) is 15.9 Å². The molecule has 0 radical (unpaired) electrons. The van der Waals surface area contributed by atoms with Crippen molar-refractivity contribution in [2.45, 2.75) is 13.3 Å². The summed E-state index contributed by atoms with van der Waals surface area (Å²) in [5, 5.41) is 2.84. The first-order valence-electron chi connectivity index (χ1n) is 8.98. The Labute approximate surface area is 157 Å². The van der Waals surface area contributed by atoms with Crippen molar-refractivity contribution in [2.24, 2.45) is 0 Å². The van der Waals surface area contributed by atoms with Gasteiger partial charge in [-0.3, -0.25) is 9.10 Å². The Morgan fingerprint density at radius 3 is 2.46 bits per heavy atom. The van der Waals surface area contributed by atoms with Crippen molar-refractivity contribution in [1.29, 1.82) is 0 Å². The van der Waals surface area contributed by atoms with Crippen molar-refractivity contribution >= 4 is 21.6 Å². The Hall–Kier alpha value is -1.64. The van der Waals surface area contributed by atoms with E-state index in [0.29, 0.717) is 12.2 Å². The summed E-state index contributed by atoms with van der Waals surface area (Å²) < 4.78 is 25.4. The lowest BCUT2D eigenvalue weighted by Gasteiger charge is -2.32. The van der Waals surface area contributed by atoms with Crippen molar-refractivity contribution in [2.75, 3.05) is 63.4 Å². The number of hydrogen-bond donors (Lipinski definition) is 1. The lowest BCUT2D eigenvalue weighted by atomic mass is 10.2. The minimum Gasteiger partial charge on any atom is -0.354 e. The molecule has 2 rings (SSSR count). The zero-order valence-corrected chi connectivity index (χ0v) is 16.8. The minimum absolute atomic E-state index is 0.196. The van der Waals surface area contributed by atoms with Crippen LogP contribution in [-0.4, -0.2) is 83.2 Å². The fourth-order valence-corrected chi connectivity index (χ4v) is 3.93. The Morgan fingerprint density at radius 1 is 1.19 bits per heavy atom. The second-order valence-electron chi connectivity index (χ2n) is 6.90. The molecule has 1 aliphatic rings. The number of nitrogens with zero attached hydrogens (tertiary/aromatic N) is 3. The van der Waals surface area contributed by atoms with E-state index in [1.54, 1.807) is 12.1 Å². The number of hydrogen-bond acceptors (Lipinski definition) is 5. The molecule has 8 heteroatoms. The SMILES string of the molecule is Cc1ccccc1N(CC(=O)NCCCN1CCN(C)CC1)S(C)(=O)=O. The van der Waals surface area contributed by atoms with Gasteiger partial charge in [-0.25, -0.2) is 8.42 Å². The molecule has 26 heavy (non-hydrogen) atoms. The number of nitrogens with one attached hydrogen (secondary N) is 1. The predicted molar refractivity (Wildman–Crippen MR) is 105 cm³/mol. The molecular weight excluding hydrogens is 352 g/mol. The molecule has 1 N–H and O–H groups in total. The van der Waals surface area contributed by atoms with Crippen LogP contribution in [-0.2, 0) is 14.8 Å². The quantitative estimate of drug-likeness (QED) is 0.664. The summed E-state index contributed by atoms with van der Waals surface area (Å²) in [6.45, 7) is 7.40. The number of rotatable bonds is 8. The number of likely N-dealkylation sites (N-methyl/N-ethyl adjacent to an activating group) is 1. The monoisotopic (exact) mass is 382 g/mol. The fraction of sp³-hybridized carbons (Fsp3) is 0.611. The van der Waals surface area contributed by atoms with E-state index in [2.05, 4.69) is 22.2 Å². The summed E-state index contributed by atoms with van der Waals surface area (Å²) >= 11 is 0. The zero-order valence-electron chi connectivity index (χ0n) is 15.9. The highest BCUT2D eigenvalue weighted by atomic mass is 32.2. The lowest BCUT2D eigenvalue weighted by molar-refractivity contribution is -0.119. The molecule has 0 atom stereocenters. The van der Waals surface area contributed by atoms with Crippen LogP contribution in [0.2, 0.25) is 0 Å². The summed E-state index contributed by atoms with van der Waals surface area (Å²) in [4.78, 5) is 16.9. The van der Waals surface area contributed by atoms with E-state index in [1.807, 2.05) is 19.1 Å². The molecule has 0 aromatic heterocycles. The average molecular weight is 383 g/mol. The number of para-hydroxylation sites is 1. The number of sulfonamides is 1. The summed E-state index contributed by atoms with van der Waals surface area (Å²) in [5.41, 5.74) is 1.36. The van der Waals surface area contributed by atoms with Crippen LogP contribution in [0.4, 0.5) is 5.69 Å².